The van der Waals surface area contributed by atoms with E-state index in [1.165, 1.54) is 24.8 Å². The molecule has 2 unspecified atom stereocenters. The van der Waals surface area contributed by atoms with E-state index >= 15 is 0 Å². The zero-order chi connectivity index (χ0) is 14.4. The van der Waals surface area contributed by atoms with Gasteiger partial charge < -0.3 is 14.8 Å². The Morgan fingerprint density at radius 1 is 1.15 bits per heavy atom. The van der Waals surface area contributed by atoms with Gasteiger partial charge in [0.05, 0.1) is 0 Å². The van der Waals surface area contributed by atoms with Crippen LogP contribution in [0.5, 0.6) is 11.5 Å². The Kier molecular flexibility index (Phi) is 5.72. The lowest BCUT2D eigenvalue weighted by molar-refractivity contribution is 0.174. The van der Waals surface area contributed by atoms with Crippen LogP contribution in [0.4, 0.5) is 0 Å². The highest BCUT2D eigenvalue weighted by Gasteiger charge is 2.14. The fourth-order valence-corrected chi connectivity index (χ4v) is 2.72. The zero-order valence-corrected chi connectivity index (χ0v) is 12.9. The molecular formula is C17H27NO2. The summed E-state index contributed by atoms with van der Waals surface area (Å²) < 4.78 is 10.8. The van der Waals surface area contributed by atoms with Crippen molar-refractivity contribution in [2.45, 2.75) is 65.0 Å². The van der Waals surface area contributed by atoms with E-state index in [1.807, 2.05) is 6.07 Å². The van der Waals surface area contributed by atoms with Crippen molar-refractivity contribution >= 4 is 0 Å². The van der Waals surface area contributed by atoms with Crippen molar-refractivity contribution in [2.75, 3.05) is 6.79 Å². The molecule has 0 aliphatic carbocycles. The quantitative estimate of drug-likeness (QED) is 0.781. The SMILES string of the molecule is CCCC(CC)NC(C)CCc1ccc2c(c1)OCO2. The summed E-state index contributed by atoms with van der Waals surface area (Å²) in [5, 5.41) is 3.73. The molecule has 0 spiro atoms. The van der Waals surface area contributed by atoms with Gasteiger partial charge in [0.1, 0.15) is 0 Å². The van der Waals surface area contributed by atoms with Gasteiger partial charge in [-0.25, -0.2) is 0 Å². The van der Waals surface area contributed by atoms with Gasteiger partial charge in [-0.2, -0.15) is 0 Å². The number of ether oxygens (including phenoxy) is 2. The fraction of sp³-hybridized carbons (Fsp3) is 0.647. The van der Waals surface area contributed by atoms with Crippen LogP contribution in [-0.2, 0) is 6.42 Å². The lowest BCUT2D eigenvalue weighted by Crippen LogP contribution is -2.36. The summed E-state index contributed by atoms with van der Waals surface area (Å²) >= 11 is 0. The molecule has 2 rings (SSSR count). The predicted molar refractivity (Wildman–Crippen MR) is 82.5 cm³/mol. The van der Waals surface area contributed by atoms with Crippen LogP contribution in [0.2, 0.25) is 0 Å². The topological polar surface area (TPSA) is 30.5 Å². The third kappa shape index (κ3) is 4.14. The lowest BCUT2D eigenvalue weighted by Gasteiger charge is -2.22. The van der Waals surface area contributed by atoms with Crippen molar-refractivity contribution in [2.24, 2.45) is 0 Å². The Morgan fingerprint density at radius 2 is 1.95 bits per heavy atom. The second-order valence-corrected chi connectivity index (χ2v) is 5.69. The molecule has 0 radical (unpaired) electrons. The lowest BCUT2D eigenvalue weighted by atomic mass is 10.0. The number of hydrogen-bond acceptors (Lipinski definition) is 3. The molecule has 0 fully saturated rings. The summed E-state index contributed by atoms with van der Waals surface area (Å²) in [6.07, 6.45) is 5.96. The van der Waals surface area contributed by atoms with Gasteiger partial charge in [0.15, 0.2) is 11.5 Å². The molecule has 1 aromatic rings. The van der Waals surface area contributed by atoms with E-state index in [0.717, 1.165) is 24.3 Å². The largest absolute Gasteiger partial charge is 0.454 e. The zero-order valence-electron chi connectivity index (χ0n) is 12.9. The van der Waals surface area contributed by atoms with Crippen LogP contribution in [0.15, 0.2) is 18.2 Å². The minimum absolute atomic E-state index is 0.353. The summed E-state index contributed by atoms with van der Waals surface area (Å²) in [6, 6.07) is 7.48. The van der Waals surface area contributed by atoms with Crippen molar-refractivity contribution in [3.63, 3.8) is 0 Å². The Balaban J connectivity index is 1.79. The first-order valence-corrected chi connectivity index (χ1v) is 7.87. The molecule has 0 aromatic heterocycles. The van der Waals surface area contributed by atoms with Crippen molar-refractivity contribution < 1.29 is 9.47 Å². The number of nitrogens with one attached hydrogen (secondary N) is 1. The standard InChI is InChI=1S/C17H27NO2/c1-4-6-15(5-2)18-13(3)7-8-14-9-10-16-17(11-14)20-12-19-16/h9-11,13,15,18H,4-8,12H2,1-3H3. The number of aryl methyl sites for hydroxylation is 1. The summed E-state index contributed by atoms with van der Waals surface area (Å²) in [6.45, 7) is 7.15. The van der Waals surface area contributed by atoms with Crippen molar-refractivity contribution in [3.8, 4) is 11.5 Å². The van der Waals surface area contributed by atoms with Crippen molar-refractivity contribution in [3.05, 3.63) is 23.8 Å². The maximum absolute atomic E-state index is 5.42. The molecule has 112 valence electrons. The smallest absolute Gasteiger partial charge is 0.231 e. The molecule has 0 amide bonds. The van der Waals surface area contributed by atoms with Crippen LogP contribution in [0.25, 0.3) is 0 Å². The van der Waals surface area contributed by atoms with Gasteiger partial charge in [0.25, 0.3) is 0 Å². The average molecular weight is 277 g/mol. The summed E-state index contributed by atoms with van der Waals surface area (Å²) in [5.74, 6) is 1.76. The van der Waals surface area contributed by atoms with Gasteiger partial charge in [0, 0.05) is 12.1 Å². The van der Waals surface area contributed by atoms with Crippen LogP contribution in [0.1, 0.15) is 52.0 Å². The summed E-state index contributed by atoms with van der Waals surface area (Å²) in [5.41, 5.74) is 1.33. The molecule has 1 heterocycles. The number of hydrogen-bond donors (Lipinski definition) is 1. The van der Waals surface area contributed by atoms with Crippen LogP contribution >= 0.6 is 0 Å². The third-order valence-electron chi connectivity index (χ3n) is 3.95. The molecular weight excluding hydrogens is 250 g/mol. The molecule has 1 N–H and O–H groups in total. The first-order chi connectivity index (χ1) is 9.72. The first-order valence-electron chi connectivity index (χ1n) is 7.87. The van der Waals surface area contributed by atoms with Crippen LogP contribution < -0.4 is 14.8 Å². The van der Waals surface area contributed by atoms with Crippen molar-refractivity contribution in [1.29, 1.82) is 0 Å². The van der Waals surface area contributed by atoms with Gasteiger partial charge in [-0.05, 0) is 50.3 Å². The van der Waals surface area contributed by atoms with Gasteiger partial charge >= 0.3 is 0 Å². The second kappa shape index (κ2) is 7.53. The molecule has 1 aromatic carbocycles. The highest BCUT2D eigenvalue weighted by atomic mass is 16.7. The molecule has 0 bridgehead atoms. The van der Waals surface area contributed by atoms with Gasteiger partial charge in [-0.1, -0.05) is 26.3 Å². The predicted octanol–water partition coefficient (Wildman–Crippen LogP) is 3.90. The van der Waals surface area contributed by atoms with E-state index in [9.17, 15) is 0 Å². The van der Waals surface area contributed by atoms with Gasteiger partial charge in [0.2, 0.25) is 6.79 Å². The Labute approximate surface area is 122 Å². The van der Waals surface area contributed by atoms with E-state index in [1.54, 1.807) is 0 Å². The fourth-order valence-electron chi connectivity index (χ4n) is 2.72. The van der Waals surface area contributed by atoms with E-state index < -0.39 is 0 Å². The molecule has 0 saturated heterocycles. The maximum atomic E-state index is 5.42. The molecule has 20 heavy (non-hydrogen) atoms. The van der Waals surface area contributed by atoms with E-state index in [-0.39, 0.29) is 0 Å². The Bertz CT molecular complexity index is 419. The van der Waals surface area contributed by atoms with Crippen LogP contribution in [0.3, 0.4) is 0 Å². The monoisotopic (exact) mass is 277 g/mol. The minimum atomic E-state index is 0.353. The van der Waals surface area contributed by atoms with Gasteiger partial charge in [-0.3, -0.25) is 0 Å². The number of fused-ring (bicyclic) bond motifs is 1. The first kappa shape index (κ1) is 15.2. The number of benzene rings is 1. The number of rotatable bonds is 8. The average Bonchev–Trinajstić information content (AvgIpc) is 2.92. The third-order valence-corrected chi connectivity index (χ3v) is 3.95. The molecule has 0 saturated carbocycles. The van der Waals surface area contributed by atoms with Crippen LogP contribution in [0, 0.1) is 0 Å². The maximum Gasteiger partial charge on any atom is 0.231 e. The second-order valence-electron chi connectivity index (χ2n) is 5.69. The van der Waals surface area contributed by atoms with Gasteiger partial charge in [-0.15, -0.1) is 0 Å². The molecule has 3 nitrogen and oxygen atoms in total. The van der Waals surface area contributed by atoms with E-state index in [2.05, 4.69) is 38.2 Å². The summed E-state index contributed by atoms with van der Waals surface area (Å²) in [4.78, 5) is 0. The highest BCUT2D eigenvalue weighted by molar-refractivity contribution is 5.44. The normalized spacial score (nSPS) is 16.1. The van der Waals surface area contributed by atoms with E-state index in [4.69, 9.17) is 9.47 Å². The molecule has 1 aliphatic rings. The van der Waals surface area contributed by atoms with Crippen LogP contribution in [-0.4, -0.2) is 18.9 Å². The Morgan fingerprint density at radius 3 is 2.70 bits per heavy atom. The molecule has 1 aliphatic heterocycles. The minimum Gasteiger partial charge on any atom is -0.454 e. The Hall–Kier alpha value is -1.22. The molecule has 3 heteroatoms. The van der Waals surface area contributed by atoms with E-state index in [0.29, 0.717) is 18.9 Å². The highest BCUT2D eigenvalue weighted by Crippen LogP contribution is 2.32. The van der Waals surface area contributed by atoms with Crippen molar-refractivity contribution in [1.82, 2.24) is 5.32 Å². The molecule has 2 atom stereocenters. The summed E-state index contributed by atoms with van der Waals surface area (Å²) in [7, 11) is 0.